The molecular formula is C19H22N2O6S. The number of ether oxygens (including phenoxy) is 2. The highest BCUT2D eigenvalue weighted by molar-refractivity contribution is 7.89. The molecule has 2 aromatic rings. The molecule has 28 heavy (non-hydrogen) atoms. The maximum atomic E-state index is 12.0. The van der Waals surface area contributed by atoms with Gasteiger partial charge in [-0.25, -0.2) is 17.9 Å². The second kappa shape index (κ2) is 9.86. The van der Waals surface area contributed by atoms with E-state index in [1.807, 2.05) is 6.92 Å². The molecule has 0 atom stereocenters. The molecule has 2 rings (SSSR count). The molecule has 0 aliphatic rings. The fourth-order valence-electron chi connectivity index (χ4n) is 2.19. The lowest BCUT2D eigenvalue weighted by molar-refractivity contribution is -0.118. The van der Waals surface area contributed by atoms with Crippen molar-refractivity contribution in [2.75, 3.05) is 25.6 Å². The van der Waals surface area contributed by atoms with Gasteiger partial charge in [-0.3, -0.25) is 4.79 Å². The lowest BCUT2D eigenvalue weighted by Gasteiger charge is -2.09. The van der Waals surface area contributed by atoms with Gasteiger partial charge in [0.25, 0.3) is 5.91 Å². The minimum absolute atomic E-state index is 0.128. The van der Waals surface area contributed by atoms with Crippen LogP contribution in [-0.4, -0.2) is 40.6 Å². The van der Waals surface area contributed by atoms with E-state index in [9.17, 15) is 18.0 Å². The van der Waals surface area contributed by atoms with Crippen molar-refractivity contribution in [2.45, 2.75) is 18.2 Å². The zero-order chi connectivity index (χ0) is 20.6. The van der Waals surface area contributed by atoms with Crippen LogP contribution in [0.4, 0.5) is 5.69 Å². The maximum Gasteiger partial charge on any atom is 0.337 e. The van der Waals surface area contributed by atoms with Crippen LogP contribution in [0.3, 0.4) is 0 Å². The Morgan fingerprint density at radius 3 is 2.21 bits per heavy atom. The van der Waals surface area contributed by atoms with Crippen LogP contribution in [0.5, 0.6) is 5.75 Å². The van der Waals surface area contributed by atoms with E-state index in [0.717, 1.165) is 0 Å². The van der Waals surface area contributed by atoms with E-state index in [1.54, 1.807) is 12.1 Å². The van der Waals surface area contributed by atoms with Crippen LogP contribution in [0.2, 0.25) is 0 Å². The first-order valence-corrected chi connectivity index (χ1v) is 10.0. The van der Waals surface area contributed by atoms with Gasteiger partial charge in [0.1, 0.15) is 5.75 Å². The van der Waals surface area contributed by atoms with E-state index in [2.05, 4.69) is 14.8 Å². The summed E-state index contributed by atoms with van der Waals surface area (Å²) in [5.41, 5.74) is 0.880. The quantitative estimate of drug-likeness (QED) is 0.618. The number of methoxy groups -OCH3 is 1. The van der Waals surface area contributed by atoms with Gasteiger partial charge in [0.2, 0.25) is 10.0 Å². The van der Waals surface area contributed by atoms with Crippen LogP contribution >= 0.6 is 0 Å². The monoisotopic (exact) mass is 406 g/mol. The first-order chi connectivity index (χ1) is 13.4. The molecular weight excluding hydrogens is 384 g/mol. The minimum atomic E-state index is -3.54. The predicted octanol–water partition coefficient (Wildman–Crippen LogP) is 2.18. The van der Waals surface area contributed by atoms with Crippen molar-refractivity contribution in [1.29, 1.82) is 0 Å². The molecule has 2 aromatic carbocycles. The number of rotatable bonds is 9. The summed E-state index contributed by atoms with van der Waals surface area (Å²) in [6, 6.07) is 12.0. The summed E-state index contributed by atoms with van der Waals surface area (Å²) < 4.78 is 36.5. The number of benzene rings is 2. The molecule has 0 heterocycles. The van der Waals surface area contributed by atoms with E-state index >= 15 is 0 Å². The van der Waals surface area contributed by atoms with E-state index in [1.165, 1.54) is 43.5 Å². The summed E-state index contributed by atoms with van der Waals surface area (Å²) in [7, 11) is -2.25. The summed E-state index contributed by atoms with van der Waals surface area (Å²) in [6.07, 6.45) is 0.695. The van der Waals surface area contributed by atoms with Gasteiger partial charge in [0.05, 0.1) is 17.6 Å². The topological polar surface area (TPSA) is 111 Å². The zero-order valence-corrected chi connectivity index (χ0v) is 16.4. The molecule has 0 bridgehead atoms. The first-order valence-electron chi connectivity index (χ1n) is 8.56. The molecule has 0 saturated carbocycles. The van der Waals surface area contributed by atoms with Crippen LogP contribution in [-0.2, 0) is 19.6 Å². The molecule has 0 radical (unpaired) electrons. The van der Waals surface area contributed by atoms with Gasteiger partial charge in [-0.2, -0.15) is 0 Å². The van der Waals surface area contributed by atoms with Crippen LogP contribution in [0.25, 0.3) is 0 Å². The van der Waals surface area contributed by atoms with Crippen molar-refractivity contribution >= 4 is 27.6 Å². The largest absolute Gasteiger partial charge is 0.484 e. The second-order valence-electron chi connectivity index (χ2n) is 5.77. The molecule has 0 aliphatic carbocycles. The smallest absolute Gasteiger partial charge is 0.337 e. The molecule has 2 N–H and O–H groups in total. The number of carbonyl (C=O) groups excluding carboxylic acids is 2. The van der Waals surface area contributed by atoms with Crippen LogP contribution in [0, 0.1) is 0 Å². The zero-order valence-electron chi connectivity index (χ0n) is 15.6. The number of hydrogen-bond acceptors (Lipinski definition) is 6. The summed E-state index contributed by atoms with van der Waals surface area (Å²) in [5, 5.41) is 2.63. The molecule has 8 nitrogen and oxygen atoms in total. The minimum Gasteiger partial charge on any atom is -0.484 e. The predicted molar refractivity (Wildman–Crippen MR) is 104 cm³/mol. The number of amides is 1. The van der Waals surface area contributed by atoms with Crippen LogP contribution < -0.4 is 14.8 Å². The molecule has 0 unspecified atom stereocenters. The third kappa shape index (κ3) is 6.07. The van der Waals surface area contributed by atoms with E-state index in [0.29, 0.717) is 30.0 Å². The average Bonchev–Trinajstić information content (AvgIpc) is 2.71. The number of sulfonamides is 1. The molecule has 9 heteroatoms. The molecule has 0 aliphatic heterocycles. The summed E-state index contributed by atoms with van der Waals surface area (Å²) >= 11 is 0. The third-order valence-electron chi connectivity index (χ3n) is 3.64. The fraction of sp³-hybridized carbons (Fsp3) is 0.263. The van der Waals surface area contributed by atoms with Gasteiger partial charge in [-0.15, -0.1) is 0 Å². The van der Waals surface area contributed by atoms with Gasteiger partial charge in [0, 0.05) is 12.2 Å². The van der Waals surface area contributed by atoms with Gasteiger partial charge >= 0.3 is 5.97 Å². The third-order valence-corrected chi connectivity index (χ3v) is 5.11. The van der Waals surface area contributed by atoms with E-state index < -0.39 is 21.9 Å². The highest BCUT2D eigenvalue weighted by atomic mass is 32.2. The van der Waals surface area contributed by atoms with Crippen molar-refractivity contribution < 1.29 is 27.5 Å². The Morgan fingerprint density at radius 1 is 1.00 bits per heavy atom. The molecule has 0 aromatic heterocycles. The summed E-state index contributed by atoms with van der Waals surface area (Å²) in [5.74, 6) is -0.491. The molecule has 1 amide bonds. The van der Waals surface area contributed by atoms with Crippen molar-refractivity contribution in [2.24, 2.45) is 0 Å². The van der Waals surface area contributed by atoms with Gasteiger partial charge in [0.15, 0.2) is 6.61 Å². The molecule has 0 saturated heterocycles. The van der Waals surface area contributed by atoms with Gasteiger partial charge in [-0.1, -0.05) is 6.92 Å². The molecule has 150 valence electrons. The Kier molecular flexibility index (Phi) is 7.53. The number of nitrogens with one attached hydrogen (secondary N) is 2. The van der Waals surface area contributed by atoms with Gasteiger partial charge in [-0.05, 0) is 55.0 Å². The van der Waals surface area contributed by atoms with E-state index in [-0.39, 0.29) is 11.5 Å². The lowest BCUT2D eigenvalue weighted by atomic mass is 10.2. The Labute approximate surface area is 163 Å². The van der Waals surface area contributed by atoms with Crippen molar-refractivity contribution in [1.82, 2.24) is 4.72 Å². The second-order valence-corrected chi connectivity index (χ2v) is 7.54. The molecule has 0 fully saturated rings. The Bertz CT molecular complexity index is 908. The summed E-state index contributed by atoms with van der Waals surface area (Å²) in [4.78, 5) is 23.5. The van der Waals surface area contributed by atoms with Crippen LogP contribution in [0.1, 0.15) is 23.7 Å². The Morgan fingerprint density at radius 2 is 1.64 bits per heavy atom. The molecule has 0 spiro atoms. The number of esters is 1. The summed E-state index contributed by atoms with van der Waals surface area (Å²) in [6.45, 7) is 1.98. The fourth-order valence-corrected chi connectivity index (χ4v) is 3.32. The van der Waals surface area contributed by atoms with Crippen molar-refractivity contribution in [3.8, 4) is 5.75 Å². The average molecular weight is 406 g/mol. The number of hydrogen-bond donors (Lipinski definition) is 2. The van der Waals surface area contributed by atoms with E-state index in [4.69, 9.17) is 4.74 Å². The highest BCUT2D eigenvalue weighted by Crippen LogP contribution is 2.16. The normalized spacial score (nSPS) is 10.9. The van der Waals surface area contributed by atoms with Crippen molar-refractivity contribution in [3.05, 3.63) is 54.1 Å². The Balaban J connectivity index is 1.88. The standard InChI is InChI=1S/C19H22N2O6S/c1-3-12-20-28(24,25)17-10-8-16(9-11-17)27-13-18(22)21-15-6-4-14(5-7-15)19(23)26-2/h4-11,20H,3,12-13H2,1-2H3,(H,21,22). The van der Waals surface area contributed by atoms with Gasteiger partial charge < -0.3 is 14.8 Å². The Hall–Kier alpha value is -2.91. The van der Waals surface area contributed by atoms with Crippen LogP contribution in [0.15, 0.2) is 53.4 Å². The first kappa shape index (κ1) is 21.4. The number of anilines is 1. The maximum absolute atomic E-state index is 12.0. The van der Waals surface area contributed by atoms with Crippen molar-refractivity contribution in [3.63, 3.8) is 0 Å². The SMILES string of the molecule is CCCNS(=O)(=O)c1ccc(OCC(=O)Nc2ccc(C(=O)OC)cc2)cc1. The highest BCUT2D eigenvalue weighted by Gasteiger charge is 2.13. The number of carbonyl (C=O) groups is 2. The lowest BCUT2D eigenvalue weighted by Crippen LogP contribution is -2.24.